The first-order chi connectivity index (χ1) is 0. The molecule has 20 valence electrons. The Hall–Kier alpha value is 4.05. The average molecular weight is 947 g/mol. The molecule has 4 heteroatoms. The molecule has 0 aromatic heterocycles. The Morgan fingerprint density at radius 2 is 0.750 bits per heavy atom. The zero-order chi connectivity index (χ0) is 0. The zero-order valence-electron chi connectivity index (χ0n) is 1.79. The van der Waals surface area contributed by atoms with Crippen molar-refractivity contribution in [3.8, 4) is 0 Å². The third-order valence-corrected chi connectivity index (χ3v) is 0. The zero-order valence-corrected chi connectivity index (χ0v) is 16.7. The van der Waals surface area contributed by atoms with E-state index in [0.29, 0.717) is 0 Å². The minimum absolute atomic E-state index is 0. The van der Waals surface area contributed by atoms with Crippen LogP contribution in [0.2, 0.25) is 0 Å². The van der Waals surface area contributed by atoms with Crippen molar-refractivity contribution in [1.29, 1.82) is 0 Å². The van der Waals surface area contributed by atoms with Crippen LogP contribution in [0.5, 0.6) is 0 Å². The second kappa shape index (κ2) is 15.7. The van der Waals surface area contributed by atoms with Gasteiger partial charge in [0.25, 0.3) is 0 Å². The molecule has 0 aliphatic carbocycles. The molecule has 4 radical (unpaired) electrons. The summed E-state index contributed by atoms with van der Waals surface area (Å²) in [6.07, 6.45) is 0. The monoisotopic (exact) mass is 947 g/mol. The molecular weight excluding hydrogens is 947 g/mol. The van der Waals surface area contributed by atoms with Crippen LogP contribution in [0, 0.1) is 120 Å². The molecule has 0 spiro atoms. The summed E-state index contributed by atoms with van der Waals surface area (Å²) >= 11 is 0. The maximum Gasteiger partial charge on any atom is 0 e. The molecule has 0 nitrogen and oxygen atoms in total. The molecule has 0 bridgehead atoms. The Labute approximate surface area is 116 Å². The molecule has 0 saturated carbocycles. The van der Waals surface area contributed by atoms with Crippen LogP contribution in [0.3, 0.4) is 0 Å². The average Bonchev–Trinajstić information content (AvgIpc) is 0. The molecule has 0 amide bonds. The molecule has 0 atom stereocenters. The van der Waals surface area contributed by atoms with E-state index in [0.717, 1.165) is 0 Å². The van der Waals surface area contributed by atoms with Crippen molar-refractivity contribution in [2.45, 2.75) is 0 Å². The van der Waals surface area contributed by atoms with Crippen LogP contribution >= 0.6 is 0 Å². The molecule has 0 heterocycles. The smallest absolute Gasteiger partial charge is 0 e. The van der Waals surface area contributed by atoms with Gasteiger partial charge in [-0.2, -0.15) is 0 Å². The maximum atomic E-state index is 0. The molecule has 0 rings (SSSR count). The predicted molar refractivity (Wildman–Crippen MR) is 0 cm³/mol. The molecular formula is Np4. The molecule has 0 saturated heterocycles. The summed E-state index contributed by atoms with van der Waals surface area (Å²) in [7, 11) is 0. The van der Waals surface area contributed by atoms with Crippen molar-refractivity contribution in [2.24, 2.45) is 0 Å². The van der Waals surface area contributed by atoms with Crippen LogP contribution in [0.1, 0.15) is 0 Å². The summed E-state index contributed by atoms with van der Waals surface area (Å²) in [5.74, 6) is 0. The van der Waals surface area contributed by atoms with Crippen LogP contribution < -0.4 is 0 Å². The van der Waals surface area contributed by atoms with E-state index in [1.165, 1.54) is 0 Å². The summed E-state index contributed by atoms with van der Waals surface area (Å²) < 4.78 is 0. The number of hydrogen-bond acceptors (Lipinski definition) is 0. The van der Waals surface area contributed by atoms with Gasteiger partial charge < -0.3 is 0 Å². The Kier molecular flexibility index (Phi) is 95.9. The summed E-state index contributed by atoms with van der Waals surface area (Å²) in [6, 6.07) is 0. The van der Waals surface area contributed by atoms with Crippen LogP contribution in [0.4, 0.5) is 0 Å². The predicted octanol–water partition coefficient (Wildman–Crippen LogP) is 0. The van der Waals surface area contributed by atoms with Crippen molar-refractivity contribution in [3.05, 3.63) is 0 Å². The molecule has 0 unspecified atom stereocenters. The van der Waals surface area contributed by atoms with Gasteiger partial charge >= 0.3 is 0 Å². The van der Waals surface area contributed by atoms with Gasteiger partial charge in [-0.1, -0.05) is 0 Å². The Balaban J connectivity index is 0. The van der Waals surface area contributed by atoms with Gasteiger partial charge in [0.1, 0.15) is 0 Å². The Morgan fingerprint density at radius 1 is 0.750 bits per heavy atom. The maximum absolute atomic E-state index is 0. The van der Waals surface area contributed by atoms with Crippen molar-refractivity contribution in [1.82, 2.24) is 0 Å². The quantitative estimate of drug-likeness (QED) is 0.322. The molecule has 0 N–H and O–H groups in total. The van der Waals surface area contributed by atoms with Crippen LogP contribution in [0.15, 0.2) is 0 Å². The second-order valence-corrected chi connectivity index (χ2v) is 0. The number of hydrogen-bond donors (Lipinski definition) is 0. The third-order valence-electron chi connectivity index (χ3n) is 0. The Bertz CT molecular complexity index is 0. The van der Waals surface area contributed by atoms with E-state index in [4.69, 9.17) is 0 Å². The number of rotatable bonds is 0. The normalized spacial score (nSPS) is 0. The van der Waals surface area contributed by atoms with Gasteiger partial charge in [-0.15, -0.1) is 0 Å². The fraction of sp³-hybridized carbons (Fsp3) is 0. The van der Waals surface area contributed by atoms with Gasteiger partial charge in [-0.05, 0) is 0 Å². The minimum atomic E-state index is 0. The first-order valence-electron chi connectivity index (χ1n) is 0. The third kappa shape index (κ3) is 9.41. The van der Waals surface area contributed by atoms with Crippen molar-refractivity contribution >= 4 is 0 Å². The van der Waals surface area contributed by atoms with E-state index >= 15 is 0 Å². The summed E-state index contributed by atoms with van der Waals surface area (Å²) in [4.78, 5) is 0. The Morgan fingerprint density at radius 3 is 0.750 bits per heavy atom. The van der Waals surface area contributed by atoms with Gasteiger partial charge in [0.2, 0.25) is 0 Å². The van der Waals surface area contributed by atoms with E-state index in [-0.39, 0.29) is 120 Å². The first-order valence-corrected chi connectivity index (χ1v) is 0. The first kappa shape index (κ1) is 24.4. The van der Waals surface area contributed by atoms with Gasteiger partial charge in [0.15, 0.2) is 0 Å². The molecule has 0 aliphatic heterocycles. The van der Waals surface area contributed by atoms with Gasteiger partial charge in [0, 0.05) is 120 Å². The molecule has 0 aliphatic rings. The SMILES string of the molecule is [235Np].[236Np].[237Np].[239Np]. The van der Waals surface area contributed by atoms with Gasteiger partial charge in [-0.3, -0.25) is 0 Å². The molecule has 0 fully saturated rings. The largest absolute Gasteiger partial charge is 0 e. The van der Waals surface area contributed by atoms with E-state index in [2.05, 4.69) is 0 Å². The van der Waals surface area contributed by atoms with Crippen LogP contribution in [-0.4, -0.2) is 0 Å². The van der Waals surface area contributed by atoms with Gasteiger partial charge in [-0.25, -0.2) is 0 Å². The summed E-state index contributed by atoms with van der Waals surface area (Å²) in [5.41, 5.74) is 0. The summed E-state index contributed by atoms with van der Waals surface area (Å²) in [6.45, 7) is 0. The van der Waals surface area contributed by atoms with Crippen LogP contribution in [0.25, 0.3) is 0 Å². The molecule has 4 heavy (non-hydrogen) atoms. The van der Waals surface area contributed by atoms with Gasteiger partial charge in [0.05, 0.1) is 0 Å². The van der Waals surface area contributed by atoms with Crippen molar-refractivity contribution in [3.63, 3.8) is 0 Å². The summed E-state index contributed by atoms with van der Waals surface area (Å²) in [5, 5.41) is 0. The van der Waals surface area contributed by atoms with E-state index in [1.807, 2.05) is 0 Å². The topological polar surface area (TPSA) is 0 Å². The second-order valence-electron chi connectivity index (χ2n) is 0. The van der Waals surface area contributed by atoms with Crippen molar-refractivity contribution < 1.29 is 120 Å². The van der Waals surface area contributed by atoms with Crippen molar-refractivity contribution in [2.75, 3.05) is 0 Å². The van der Waals surface area contributed by atoms with E-state index < -0.39 is 0 Å². The fourth-order valence-electron chi connectivity index (χ4n) is 0. The van der Waals surface area contributed by atoms with Crippen LogP contribution in [-0.2, 0) is 0 Å². The van der Waals surface area contributed by atoms with E-state index in [9.17, 15) is 0 Å². The molecule has 0 aromatic carbocycles. The molecule has 0 aromatic rings. The minimum Gasteiger partial charge on any atom is 0 e. The van der Waals surface area contributed by atoms with E-state index in [1.54, 1.807) is 0 Å². The fourth-order valence-corrected chi connectivity index (χ4v) is 0. The standard InChI is InChI=1S/4Np/i1+2;1+0;1-1;1-2.